The highest BCUT2D eigenvalue weighted by Gasteiger charge is 2.21. The Balaban J connectivity index is 1.97. The van der Waals surface area contributed by atoms with E-state index in [1.54, 1.807) is 25.4 Å². The summed E-state index contributed by atoms with van der Waals surface area (Å²) >= 11 is 12.5. The number of hydrogen-bond donors (Lipinski definition) is 1. The van der Waals surface area contributed by atoms with Gasteiger partial charge in [0.05, 0.1) is 17.2 Å². The van der Waals surface area contributed by atoms with Gasteiger partial charge in [0.2, 0.25) is 0 Å². The largest absolute Gasteiger partial charge is 0.495 e. The quantitative estimate of drug-likeness (QED) is 0.931. The first kappa shape index (κ1) is 15.3. The second kappa shape index (κ2) is 6.28. The van der Waals surface area contributed by atoms with Crippen molar-refractivity contribution in [2.24, 2.45) is 5.73 Å². The zero-order valence-electron chi connectivity index (χ0n) is 12.1. The van der Waals surface area contributed by atoms with Crippen LogP contribution < -0.4 is 15.4 Å². The molecular weight excluding hydrogens is 323 g/mol. The summed E-state index contributed by atoms with van der Waals surface area (Å²) in [6.45, 7) is 1.70. The fourth-order valence-electron chi connectivity index (χ4n) is 2.51. The lowest BCUT2D eigenvalue weighted by molar-refractivity contribution is 0.415. The van der Waals surface area contributed by atoms with Crippen LogP contribution in [0.15, 0.2) is 24.4 Å². The molecule has 0 saturated carbocycles. The summed E-state index contributed by atoms with van der Waals surface area (Å²) in [5, 5.41) is 0.968. The van der Waals surface area contributed by atoms with Gasteiger partial charge in [0.25, 0.3) is 0 Å². The van der Waals surface area contributed by atoms with E-state index in [4.69, 9.17) is 33.7 Å². The number of rotatable bonds is 3. The molecule has 5 nitrogen and oxygen atoms in total. The van der Waals surface area contributed by atoms with Crippen molar-refractivity contribution >= 4 is 29.0 Å². The zero-order valence-corrected chi connectivity index (χ0v) is 13.6. The zero-order chi connectivity index (χ0) is 15.7. The van der Waals surface area contributed by atoms with Gasteiger partial charge in [-0.2, -0.15) is 0 Å². The van der Waals surface area contributed by atoms with E-state index in [-0.39, 0.29) is 6.04 Å². The van der Waals surface area contributed by atoms with Gasteiger partial charge < -0.3 is 15.4 Å². The van der Waals surface area contributed by atoms with Gasteiger partial charge >= 0.3 is 0 Å². The Hall–Kier alpha value is -1.56. The molecular formula is C15H16Cl2N4O. The lowest BCUT2D eigenvalue weighted by Gasteiger charge is -2.17. The van der Waals surface area contributed by atoms with Crippen LogP contribution in [-0.2, 0) is 0 Å². The molecule has 2 N–H and O–H groups in total. The molecule has 1 aromatic heterocycles. The fourth-order valence-corrected chi connectivity index (χ4v) is 2.99. The van der Waals surface area contributed by atoms with Crippen molar-refractivity contribution in [3.63, 3.8) is 0 Å². The average Bonchev–Trinajstić information content (AvgIpc) is 2.96. The van der Waals surface area contributed by atoms with E-state index in [0.29, 0.717) is 27.2 Å². The van der Waals surface area contributed by atoms with Crippen molar-refractivity contribution in [1.29, 1.82) is 0 Å². The van der Waals surface area contributed by atoms with Crippen LogP contribution in [0, 0.1) is 0 Å². The standard InChI is InChI=1S/C15H16Cl2N4O/c1-22-13-7-11(16)10(6-12(13)17)15-19-4-2-14(20-15)21-5-3-9(18)8-21/h2,4,6-7,9H,3,5,8,18H2,1H3. The summed E-state index contributed by atoms with van der Waals surface area (Å²) in [5.41, 5.74) is 6.63. The predicted octanol–water partition coefficient (Wildman–Crippen LogP) is 3.00. The molecule has 3 rings (SSSR count). The Bertz CT molecular complexity index is 695. The van der Waals surface area contributed by atoms with E-state index in [1.807, 2.05) is 6.07 Å². The van der Waals surface area contributed by atoms with Crippen molar-refractivity contribution < 1.29 is 4.74 Å². The second-order valence-corrected chi connectivity index (χ2v) is 6.01. The SMILES string of the molecule is COc1cc(Cl)c(-c2nccc(N3CCC(N)C3)n2)cc1Cl. The van der Waals surface area contributed by atoms with Crippen molar-refractivity contribution in [3.05, 3.63) is 34.4 Å². The molecule has 1 fully saturated rings. The number of anilines is 1. The minimum atomic E-state index is 0.192. The van der Waals surface area contributed by atoms with E-state index in [1.165, 1.54) is 0 Å². The first-order chi connectivity index (χ1) is 10.6. The van der Waals surface area contributed by atoms with E-state index >= 15 is 0 Å². The molecule has 1 aliphatic heterocycles. The molecule has 0 radical (unpaired) electrons. The van der Waals surface area contributed by atoms with Gasteiger partial charge in [0.15, 0.2) is 5.82 Å². The molecule has 1 unspecified atom stereocenters. The third-order valence-corrected chi connectivity index (χ3v) is 4.28. The van der Waals surface area contributed by atoms with Gasteiger partial charge in [-0.05, 0) is 18.6 Å². The van der Waals surface area contributed by atoms with Gasteiger partial charge in [-0.25, -0.2) is 9.97 Å². The smallest absolute Gasteiger partial charge is 0.163 e. The summed E-state index contributed by atoms with van der Waals surface area (Å²) in [5.74, 6) is 1.91. The topological polar surface area (TPSA) is 64.3 Å². The van der Waals surface area contributed by atoms with Gasteiger partial charge in [0.1, 0.15) is 11.6 Å². The molecule has 1 aromatic carbocycles. The number of nitrogens with two attached hydrogens (primary N) is 1. The Morgan fingerprint density at radius 3 is 2.82 bits per heavy atom. The number of nitrogens with zero attached hydrogens (tertiary/aromatic N) is 3. The molecule has 0 amide bonds. The van der Waals surface area contributed by atoms with Gasteiger partial charge in [-0.3, -0.25) is 0 Å². The molecule has 22 heavy (non-hydrogen) atoms. The van der Waals surface area contributed by atoms with E-state index in [0.717, 1.165) is 25.3 Å². The normalized spacial score (nSPS) is 17.8. The maximum atomic E-state index is 6.30. The molecule has 1 aliphatic rings. The molecule has 1 saturated heterocycles. The van der Waals surface area contributed by atoms with Crippen LogP contribution in [0.3, 0.4) is 0 Å². The minimum absolute atomic E-state index is 0.192. The predicted molar refractivity (Wildman–Crippen MR) is 88.8 cm³/mol. The van der Waals surface area contributed by atoms with Crippen molar-refractivity contribution in [3.8, 4) is 17.1 Å². The molecule has 2 heterocycles. The number of methoxy groups -OCH3 is 1. The Labute approximate surface area is 139 Å². The summed E-state index contributed by atoms with van der Waals surface area (Å²) in [4.78, 5) is 11.0. The Kier molecular flexibility index (Phi) is 4.38. The van der Waals surface area contributed by atoms with Crippen LogP contribution in [0.2, 0.25) is 10.0 Å². The highest BCUT2D eigenvalue weighted by molar-refractivity contribution is 6.36. The second-order valence-electron chi connectivity index (χ2n) is 5.20. The Morgan fingerprint density at radius 1 is 1.32 bits per heavy atom. The summed E-state index contributed by atoms with van der Waals surface area (Å²) < 4.78 is 5.15. The number of benzene rings is 1. The van der Waals surface area contributed by atoms with Crippen LogP contribution >= 0.6 is 23.2 Å². The molecule has 116 valence electrons. The summed E-state index contributed by atoms with van der Waals surface area (Å²) in [7, 11) is 1.55. The van der Waals surface area contributed by atoms with Gasteiger partial charge in [-0.1, -0.05) is 23.2 Å². The molecule has 1 atom stereocenters. The third-order valence-electron chi connectivity index (χ3n) is 3.67. The number of ether oxygens (including phenoxy) is 1. The van der Waals surface area contributed by atoms with Crippen molar-refractivity contribution in [2.75, 3.05) is 25.1 Å². The van der Waals surface area contributed by atoms with Gasteiger partial charge in [-0.15, -0.1) is 0 Å². The summed E-state index contributed by atoms with van der Waals surface area (Å²) in [6.07, 6.45) is 2.68. The van der Waals surface area contributed by atoms with Crippen LogP contribution in [-0.4, -0.2) is 36.2 Å². The van der Waals surface area contributed by atoms with Crippen molar-refractivity contribution in [1.82, 2.24) is 9.97 Å². The van der Waals surface area contributed by atoms with Gasteiger partial charge in [0, 0.05) is 37.0 Å². The third kappa shape index (κ3) is 2.97. The molecule has 2 aromatic rings. The maximum Gasteiger partial charge on any atom is 0.163 e. The monoisotopic (exact) mass is 338 g/mol. The number of halogens is 2. The van der Waals surface area contributed by atoms with Crippen LogP contribution in [0.5, 0.6) is 5.75 Å². The first-order valence-electron chi connectivity index (χ1n) is 6.95. The molecule has 0 spiro atoms. The van der Waals surface area contributed by atoms with E-state index < -0.39 is 0 Å². The lowest BCUT2D eigenvalue weighted by Crippen LogP contribution is -2.26. The summed E-state index contributed by atoms with van der Waals surface area (Å²) in [6, 6.07) is 5.46. The minimum Gasteiger partial charge on any atom is -0.495 e. The van der Waals surface area contributed by atoms with Crippen LogP contribution in [0.4, 0.5) is 5.82 Å². The van der Waals surface area contributed by atoms with Crippen molar-refractivity contribution in [2.45, 2.75) is 12.5 Å². The fraction of sp³-hybridized carbons (Fsp3) is 0.333. The first-order valence-corrected chi connectivity index (χ1v) is 7.71. The molecule has 0 aliphatic carbocycles. The Morgan fingerprint density at radius 2 is 2.14 bits per heavy atom. The van der Waals surface area contributed by atoms with E-state index in [9.17, 15) is 0 Å². The highest BCUT2D eigenvalue weighted by atomic mass is 35.5. The molecule has 0 bridgehead atoms. The maximum absolute atomic E-state index is 6.30. The number of hydrogen-bond acceptors (Lipinski definition) is 5. The van der Waals surface area contributed by atoms with Crippen LogP contribution in [0.25, 0.3) is 11.4 Å². The number of aromatic nitrogens is 2. The lowest BCUT2D eigenvalue weighted by atomic mass is 10.2. The van der Waals surface area contributed by atoms with Crippen LogP contribution in [0.1, 0.15) is 6.42 Å². The molecule has 7 heteroatoms. The average molecular weight is 339 g/mol. The highest BCUT2D eigenvalue weighted by Crippen LogP contribution is 2.35. The van der Waals surface area contributed by atoms with E-state index in [2.05, 4.69) is 14.9 Å².